The lowest BCUT2D eigenvalue weighted by atomic mass is 10.1. The molecule has 7 nitrogen and oxygen atoms in total. The minimum atomic E-state index is -0.115. The van der Waals surface area contributed by atoms with E-state index in [0.29, 0.717) is 71.2 Å². The molecule has 0 aromatic rings. The van der Waals surface area contributed by atoms with Crippen LogP contribution in [0.2, 0.25) is 0 Å². The second kappa shape index (κ2) is 19.0. The van der Waals surface area contributed by atoms with Crippen LogP contribution in [-0.4, -0.2) is 78.5 Å². The molecule has 0 heterocycles. The van der Waals surface area contributed by atoms with Crippen LogP contribution in [0.25, 0.3) is 0 Å². The Morgan fingerprint density at radius 3 is 1.73 bits per heavy atom. The van der Waals surface area contributed by atoms with Gasteiger partial charge in [-0.1, -0.05) is 27.7 Å². The van der Waals surface area contributed by atoms with Crippen LogP contribution >= 0.6 is 0 Å². The van der Waals surface area contributed by atoms with Gasteiger partial charge in [0.2, 0.25) is 5.91 Å². The average Bonchev–Trinajstić information content (AvgIpc) is 2.57. The van der Waals surface area contributed by atoms with Crippen molar-refractivity contribution in [3.8, 4) is 0 Å². The number of carbonyl (C=O) groups is 1. The summed E-state index contributed by atoms with van der Waals surface area (Å²) in [5, 5.41) is 2.74. The number of amides is 1. The van der Waals surface area contributed by atoms with Crippen molar-refractivity contribution in [2.75, 3.05) is 72.6 Å². The van der Waals surface area contributed by atoms with E-state index >= 15 is 0 Å². The Balaban J connectivity index is 0. The van der Waals surface area contributed by atoms with Gasteiger partial charge in [0.25, 0.3) is 0 Å². The number of carbonyl (C=O) groups excluding carboxylic acids is 1. The molecule has 26 heavy (non-hydrogen) atoms. The molecule has 0 rings (SSSR count). The van der Waals surface area contributed by atoms with Crippen LogP contribution in [0, 0.1) is 11.8 Å². The molecule has 0 bridgehead atoms. The van der Waals surface area contributed by atoms with E-state index < -0.39 is 0 Å². The number of hydrogen-bond acceptors (Lipinski definition) is 6. The standard InChI is InChI=1S/C19H39NO6.H2/c1-17(2)5-7-22-9-11-24-13-14-25-12-10-23-8-6-20-19(21)16-26-15-18(3)4;/h17-18H,5-16H2,1-4H3,(H,20,21);1H. The monoisotopic (exact) mass is 379 g/mol. The number of ether oxygens (including phenoxy) is 5. The van der Waals surface area contributed by atoms with Crippen LogP contribution in [0.15, 0.2) is 0 Å². The molecule has 7 heteroatoms. The minimum absolute atomic E-state index is 0. The van der Waals surface area contributed by atoms with Crippen LogP contribution in [0.5, 0.6) is 0 Å². The molecular weight excluding hydrogens is 338 g/mol. The van der Waals surface area contributed by atoms with Gasteiger partial charge in [-0.25, -0.2) is 0 Å². The summed E-state index contributed by atoms with van der Waals surface area (Å²) >= 11 is 0. The number of hydrogen-bond donors (Lipinski definition) is 1. The Hall–Kier alpha value is -0.730. The molecule has 0 unspecified atom stereocenters. The van der Waals surface area contributed by atoms with Crippen LogP contribution in [0.3, 0.4) is 0 Å². The Bertz CT molecular complexity index is 319. The second-order valence-electron chi connectivity index (χ2n) is 6.89. The van der Waals surface area contributed by atoms with Crippen LogP contribution < -0.4 is 5.32 Å². The Kier molecular flexibility index (Phi) is 18.5. The second-order valence-corrected chi connectivity index (χ2v) is 6.89. The highest BCUT2D eigenvalue weighted by molar-refractivity contribution is 5.77. The van der Waals surface area contributed by atoms with Crippen molar-refractivity contribution in [1.29, 1.82) is 0 Å². The third-order valence-electron chi connectivity index (χ3n) is 3.21. The Morgan fingerprint density at radius 1 is 0.731 bits per heavy atom. The fourth-order valence-electron chi connectivity index (χ4n) is 1.78. The zero-order valence-corrected chi connectivity index (χ0v) is 17.1. The minimum Gasteiger partial charge on any atom is -0.379 e. The molecule has 0 fully saturated rings. The summed E-state index contributed by atoms with van der Waals surface area (Å²) in [7, 11) is 0. The zero-order valence-electron chi connectivity index (χ0n) is 17.1. The first kappa shape index (κ1) is 25.3. The van der Waals surface area contributed by atoms with E-state index in [1.807, 2.05) is 13.8 Å². The first-order chi connectivity index (χ1) is 12.5. The smallest absolute Gasteiger partial charge is 0.246 e. The van der Waals surface area contributed by atoms with Gasteiger partial charge in [0.15, 0.2) is 0 Å². The normalized spacial score (nSPS) is 11.5. The van der Waals surface area contributed by atoms with E-state index in [1.54, 1.807) is 0 Å². The van der Waals surface area contributed by atoms with Crippen molar-refractivity contribution in [3.05, 3.63) is 0 Å². The lowest BCUT2D eigenvalue weighted by Gasteiger charge is -2.09. The fraction of sp³-hybridized carbons (Fsp3) is 0.947. The average molecular weight is 380 g/mol. The third-order valence-corrected chi connectivity index (χ3v) is 3.21. The molecule has 0 saturated heterocycles. The topological polar surface area (TPSA) is 75.3 Å². The predicted octanol–water partition coefficient (Wildman–Crippen LogP) is 2.13. The van der Waals surface area contributed by atoms with Crippen molar-refractivity contribution in [2.45, 2.75) is 34.1 Å². The van der Waals surface area contributed by atoms with Gasteiger partial charge in [-0.2, -0.15) is 0 Å². The molecule has 0 aliphatic rings. The number of rotatable bonds is 19. The van der Waals surface area contributed by atoms with E-state index in [2.05, 4.69) is 19.2 Å². The van der Waals surface area contributed by atoms with Crippen molar-refractivity contribution in [2.24, 2.45) is 11.8 Å². The highest BCUT2D eigenvalue weighted by Gasteiger charge is 2.01. The molecule has 1 N–H and O–H groups in total. The molecule has 0 radical (unpaired) electrons. The fourth-order valence-corrected chi connectivity index (χ4v) is 1.78. The quantitative estimate of drug-likeness (QED) is 0.347. The van der Waals surface area contributed by atoms with E-state index in [9.17, 15) is 4.79 Å². The molecule has 0 aliphatic carbocycles. The van der Waals surface area contributed by atoms with Gasteiger partial charge in [-0.05, 0) is 18.3 Å². The summed E-state index contributed by atoms with van der Waals surface area (Å²) in [5.41, 5.74) is 0. The largest absolute Gasteiger partial charge is 0.379 e. The van der Waals surface area contributed by atoms with Crippen LogP contribution in [-0.2, 0) is 28.5 Å². The first-order valence-electron chi connectivity index (χ1n) is 9.67. The summed E-state index contributed by atoms with van der Waals surface area (Å²) in [4.78, 5) is 11.4. The molecule has 0 spiro atoms. The van der Waals surface area contributed by atoms with Crippen molar-refractivity contribution >= 4 is 5.91 Å². The van der Waals surface area contributed by atoms with Crippen molar-refractivity contribution in [3.63, 3.8) is 0 Å². The zero-order chi connectivity index (χ0) is 19.5. The molecule has 0 aromatic heterocycles. The van der Waals surface area contributed by atoms with Crippen molar-refractivity contribution < 1.29 is 29.9 Å². The SMILES string of the molecule is CC(C)CCOCCOCCOCCOCCNC(=O)COCC(C)C.[HH]. The summed E-state index contributed by atoms with van der Waals surface area (Å²) in [5.74, 6) is 0.988. The van der Waals surface area contributed by atoms with Gasteiger partial charge in [0.05, 0.1) is 46.2 Å². The number of nitrogens with one attached hydrogen (secondary N) is 1. The van der Waals surface area contributed by atoms with Crippen LogP contribution in [0.4, 0.5) is 0 Å². The van der Waals surface area contributed by atoms with Gasteiger partial charge >= 0.3 is 0 Å². The molecule has 1 amide bonds. The van der Waals surface area contributed by atoms with Gasteiger partial charge < -0.3 is 29.0 Å². The maximum atomic E-state index is 11.4. The first-order valence-corrected chi connectivity index (χ1v) is 9.67. The van der Waals surface area contributed by atoms with E-state index in [0.717, 1.165) is 13.0 Å². The van der Waals surface area contributed by atoms with Gasteiger partial charge in [0.1, 0.15) is 6.61 Å². The maximum absolute atomic E-state index is 11.4. The molecular formula is C19H41NO6. The summed E-state index contributed by atoms with van der Waals surface area (Å²) in [6.07, 6.45) is 1.08. The maximum Gasteiger partial charge on any atom is 0.246 e. The van der Waals surface area contributed by atoms with Gasteiger partial charge in [-0.3, -0.25) is 4.79 Å². The molecule has 0 aromatic carbocycles. The van der Waals surface area contributed by atoms with E-state index in [4.69, 9.17) is 23.7 Å². The third kappa shape index (κ3) is 21.3. The summed E-state index contributed by atoms with van der Waals surface area (Å²) in [6.45, 7) is 14.2. The van der Waals surface area contributed by atoms with Crippen LogP contribution in [0.1, 0.15) is 35.5 Å². The van der Waals surface area contributed by atoms with E-state index in [-0.39, 0.29) is 13.9 Å². The van der Waals surface area contributed by atoms with Crippen molar-refractivity contribution in [1.82, 2.24) is 5.32 Å². The molecule has 0 atom stereocenters. The molecule has 0 saturated carbocycles. The van der Waals surface area contributed by atoms with E-state index in [1.165, 1.54) is 0 Å². The lowest BCUT2D eigenvalue weighted by molar-refractivity contribution is -0.126. The molecule has 158 valence electrons. The van der Waals surface area contributed by atoms with Gasteiger partial charge in [0, 0.05) is 21.2 Å². The predicted molar refractivity (Wildman–Crippen MR) is 104 cm³/mol. The summed E-state index contributed by atoms with van der Waals surface area (Å²) in [6, 6.07) is 0. The lowest BCUT2D eigenvalue weighted by Crippen LogP contribution is -2.31. The van der Waals surface area contributed by atoms with Gasteiger partial charge in [-0.15, -0.1) is 0 Å². The highest BCUT2D eigenvalue weighted by Crippen LogP contribution is 1.98. The Labute approximate surface area is 160 Å². The molecule has 0 aliphatic heterocycles. The Morgan fingerprint density at radius 2 is 1.23 bits per heavy atom. The highest BCUT2D eigenvalue weighted by atomic mass is 16.6. The summed E-state index contributed by atoms with van der Waals surface area (Å²) < 4.78 is 26.9.